The fourth-order valence-corrected chi connectivity index (χ4v) is 1.87. The summed E-state index contributed by atoms with van der Waals surface area (Å²) < 4.78 is 0. The Labute approximate surface area is 104 Å². The molecule has 3 nitrogen and oxygen atoms in total. The normalized spacial score (nSPS) is 9.50. The third-order valence-corrected chi connectivity index (χ3v) is 2.89. The minimum Gasteiger partial charge on any atom is -0.325 e. The number of benzene rings is 1. The molecule has 16 heavy (non-hydrogen) atoms. The number of anilines is 1. The Bertz CT molecular complexity index is 403. The summed E-state index contributed by atoms with van der Waals surface area (Å²) in [5.41, 5.74) is 0.693. The van der Waals surface area contributed by atoms with Crippen molar-refractivity contribution in [2.45, 2.75) is 6.42 Å². The number of amides is 1. The van der Waals surface area contributed by atoms with Gasteiger partial charge < -0.3 is 5.32 Å². The van der Waals surface area contributed by atoms with Gasteiger partial charge in [0.25, 0.3) is 0 Å². The maximum atomic E-state index is 11.4. The molecule has 1 N–H and O–H groups in total. The average Bonchev–Trinajstić information content (AvgIpc) is 2.24. The molecule has 0 spiro atoms. The Kier molecular flexibility index (Phi) is 5.76. The van der Waals surface area contributed by atoms with Gasteiger partial charge in [-0.25, -0.2) is 0 Å². The SMILES string of the molecule is N#CCCSCC(=O)Nc1cccc(Cl)c1. The summed E-state index contributed by atoms with van der Waals surface area (Å²) in [5.74, 6) is 0.957. The molecule has 0 unspecified atom stereocenters. The number of nitrogens with one attached hydrogen (secondary N) is 1. The first-order chi connectivity index (χ1) is 7.72. The third kappa shape index (κ3) is 5.06. The summed E-state index contributed by atoms with van der Waals surface area (Å²) in [6, 6.07) is 9.03. The number of thioether (sulfide) groups is 1. The summed E-state index contributed by atoms with van der Waals surface area (Å²) >= 11 is 7.22. The summed E-state index contributed by atoms with van der Waals surface area (Å²) in [6.07, 6.45) is 0.467. The number of nitriles is 1. The molecule has 0 radical (unpaired) electrons. The average molecular weight is 255 g/mol. The van der Waals surface area contributed by atoms with Gasteiger partial charge in [-0.3, -0.25) is 4.79 Å². The van der Waals surface area contributed by atoms with Gasteiger partial charge in [0.1, 0.15) is 0 Å². The molecule has 0 atom stereocenters. The molecule has 0 aliphatic rings. The summed E-state index contributed by atoms with van der Waals surface area (Å²) in [4.78, 5) is 11.4. The van der Waals surface area contributed by atoms with E-state index in [-0.39, 0.29) is 5.91 Å². The smallest absolute Gasteiger partial charge is 0.234 e. The molecule has 5 heteroatoms. The summed E-state index contributed by atoms with van der Waals surface area (Å²) in [7, 11) is 0. The molecule has 1 amide bonds. The summed E-state index contributed by atoms with van der Waals surface area (Å²) in [5, 5.41) is 11.6. The molecular weight excluding hydrogens is 244 g/mol. The molecule has 0 saturated heterocycles. The van der Waals surface area contributed by atoms with Crippen molar-refractivity contribution in [2.75, 3.05) is 16.8 Å². The highest BCUT2D eigenvalue weighted by atomic mass is 35.5. The number of carbonyl (C=O) groups is 1. The van der Waals surface area contributed by atoms with Gasteiger partial charge in [0.15, 0.2) is 0 Å². The van der Waals surface area contributed by atoms with E-state index in [1.54, 1.807) is 24.3 Å². The van der Waals surface area contributed by atoms with Crippen LogP contribution in [-0.4, -0.2) is 17.4 Å². The van der Waals surface area contributed by atoms with Crippen molar-refractivity contribution in [1.29, 1.82) is 5.26 Å². The first kappa shape index (κ1) is 12.9. The van der Waals surface area contributed by atoms with Crippen molar-refractivity contribution in [2.24, 2.45) is 0 Å². The minimum atomic E-state index is -0.0785. The van der Waals surface area contributed by atoms with E-state index in [0.29, 0.717) is 28.6 Å². The van der Waals surface area contributed by atoms with Crippen molar-refractivity contribution in [3.8, 4) is 6.07 Å². The van der Waals surface area contributed by atoms with Gasteiger partial charge in [0.05, 0.1) is 11.8 Å². The maximum absolute atomic E-state index is 11.4. The molecule has 0 aliphatic carbocycles. The van der Waals surface area contributed by atoms with Gasteiger partial charge in [-0.05, 0) is 18.2 Å². The van der Waals surface area contributed by atoms with E-state index in [2.05, 4.69) is 5.32 Å². The fraction of sp³-hybridized carbons (Fsp3) is 0.273. The number of carbonyl (C=O) groups excluding carboxylic acids is 1. The highest BCUT2D eigenvalue weighted by molar-refractivity contribution is 7.99. The second-order valence-electron chi connectivity index (χ2n) is 3.02. The van der Waals surface area contributed by atoms with Gasteiger partial charge in [0, 0.05) is 22.9 Å². The van der Waals surface area contributed by atoms with Crippen LogP contribution in [0.5, 0.6) is 0 Å². The molecule has 0 fully saturated rings. The lowest BCUT2D eigenvalue weighted by Gasteiger charge is -2.04. The zero-order valence-electron chi connectivity index (χ0n) is 8.57. The topological polar surface area (TPSA) is 52.9 Å². The van der Waals surface area contributed by atoms with Crippen LogP contribution in [0.25, 0.3) is 0 Å². The predicted octanol–water partition coefficient (Wildman–Crippen LogP) is 2.93. The zero-order chi connectivity index (χ0) is 11.8. The molecule has 1 rings (SSSR count). The van der Waals surface area contributed by atoms with E-state index in [1.807, 2.05) is 6.07 Å². The van der Waals surface area contributed by atoms with Crippen LogP contribution >= 0.6 is 23.4 Å². The predicted molar refractivity (Wildman–Crippen MR) is 67.6 cm³/mol. The number of halogens is 1. The second-order valence-corrected chi connectivity index (χ2v) is 4.56. The molecule has 0 bridgehead atoms. The Balaban J connectivity index is 2.32. The molecular formula is C11H11ClN2OS. The van der Waals surface area contributed by atoms with Crippen LogP contribution in [-0.2, 0) is 4.79 Å². The number of hydrogen-bond acceptors (Lipinski definition) is 3. The second kappa shape index (κ2) is 7.15. The Morgan fingerprint density at radius 1 is 1.56 bits per heavy atom. The lowest BCUT2D eigenvalue weighted by Crippen LogP contribution is -2.14. The van der Waals surface area contributed by atoms with Crippen LogP contribution in [0.2, 0.25) is 5.02 Å². The van der Waals surface area contributed by atoms with Crippen LogP contribution in [0.4, 0.5) is 5.69 Å². The van der Waals surface area contributed by atoms with Gasteiger partial charge >= 0.3 is 0 Å². The Morgan fingerprint density at radius 2 is 2.38 bits per heavy atom. The zero-order valence-corrected chi connectivity index (χ0v) is 10.1. The number of rotatable bonds is 5. The lowest BCUT2D eigenvalue weighted by molar-refractivity contribution is -0.113. The van der Waals surface area contributed by atoms with Crippen LogP contribution in [0.3, 0.4) is 0 Å². The molecule has 84 valence electrons. The highest BCUT2D eigenvalue weighted by Gasteiger charge is 2.02. The van der Waals surface area contributed by atoms with Crippen molar-refractivity contribution < 1.29 is 4.79 Å². The molecule has 1 aromatic carbocycles. The minimum absolute atomic E-state index is 0.0785. The third-order valence-electron chi connectivity index (χ3n) is 1.70. The fourth-order valence-electron chi connectivity index (χ4n) is 1.05. The van der Waals surface area contributed by atoms with Crippen LogP contribution in [0.15, 0.2) is 24.3 Å². The molecule has 0 saturated carbocycles. The van der Waals surface area contributed by atoms with Gasteiger partial charge in [-0.2, -0.15) is 17.0 Å². The molecule has 1 aromatic rings. The standard InChI is InChI=1S/C11H11ClN2OS/c12-9-3-1-4-10(7-9)14-11(15)8-16-6-2-5-13/h1,3-4,7H,2,6,8H2,(H,14,15). The lowest BCUT2D eigenvalue weighted by atomic mass is 10.3. The van der Waals surface area contributed by atoms with Crippen LogP contribution < -0.4 is 5.32 Å². The van der Waals surface area contributed by atoms with Crippen LogP contribution in [0, 0.1) is 11.3 Å². The number of nitrogens with zero attached hydrogens (tertiary/aromatic N) is 1. The van der Waals surface area contributed by atoms with Crippen molar-refractivity contribution in [3.05, 3.63) is 29.3 Å². The van der Waals surface area contributed by atoms with E-state index in [0.717, 1.165) is 0 Å². The maximum Gasteiger partial charge on any atom is 0.234 e. The van der Waals surface area contributed by atoms with Crippen LogP contribution in [0.1, 0.15) is 6.42 Å². The molecule has 0 aliphatic heterocycles. The van der Waals surface area contributed by atoms with E-state index >= 15 is 0 Å². The van der Waals surface area contributed by atoms with Crippen molar-refractivity contribution >= 4 is 35.0 Å². The first-order valence-corrected chi connectivity index (χ1v) is 6.26. The number of hydrogen-bond donors (Lipinski definition) is 1. The van der Waals surface area contributed by atoms with Crippen molar-refractivity contribution in [1.82, 2.24) is 0 Å². The monoisotopic (exact) mass is 254 g/mol. The van der Waals surface area contributed by atoms with Gasteiger partial charge in [0.2, 0.25) is 5.91 Å². The quantitative estimate of drug-likeness (QED) is 0.822. The van der Waals surface area contributed by atoms with E-state index in [9.17, 15) is 4.79 Å². The van der Waals surface area contributed by atoms with E-state index in [1.165, 1.54) is 11.8 Å². The first-order valence-electron chi connectivity index (χ1n) is 4.72. The highest BCUT2D eigenvalue weighted by Crippen LogP contribution is 2.15. The van der Waals surface area contributed by atoms with Gasteiger partial charge in [-0.1, -0.05) is 17.7 Å². The van der Waals surface area contributed by atoms with Crippen molar-refractivity contribution in [3.63, 3.8) is 0 Å². The van der Waals surface area contributed by atoms with E-state index < -0.39 is 0 Å². The molecule has 0 heterocycles. The van der Waals surface area contributed by atoms with E-state index in [4.69, 9.17) is 16.9 Å². The summed E-state index contributed by atoms with van der Waals surface area (Å²) in [6.45, 7) is 0. The Morgan fingerprint density at radius 3 is 3.06 bits per heavy atom. The Hall–Kier alpha value is -1.18. The largest absolute Gasteiger partial charge is 0.325 e. The molecule has 0 aromatic heterocycles. The van der Waals surface area contributed by atoms with Gasteiger partial charge in [-0.15, -0.1) is 0 Å².